The second kappa shape index (κ2) is 15.4. The van der Waals surface area contributed by atoms with E-state index < -0.39 is 37.1 Å². The van der Waals surface area contributed by atoms with E-state index in [4.69, 9.17) is 9.47 Å². The van der Waals surface area contributed by atoms with Gasteiger partial charge in [0.1, 0.15) is 30.5 Å². The van der Waals surface area contributed by atoms with Gasteiger partial charge in [-0.15, -0.1) is 0 Å². The number of aryl methyl sites for hydroxylation is 1. The second-order valence-corrected chi connectivity index (χ2v) is 12.5. The van der Waals surface area contributed by atoms with Crippen molar-refractivity contribution in [3.05, 3.63) is 114 Å². The van der Waals surface area contributed by atoms with E-state index in [1.807, 2.05) is 46.8 Å². The van der Waals surface area contributed by atoms with Crippen LogP contribution in [0.4, 0.5) is 27.6 Å². The summed E-state index contributed by atoms with van der Waals surface area (Å²) in [6.07, 6.45) is -4.16. The molecule has 0 saturated carbocycles. The maximum atomic E-state index is 13.6. The number of benzene rings is 3. The average Bonchev–Trinajstić information content (AvgIpc) is 3.49. The van der Waals surface area contributed by atoms with Crippen LogP contribution in [0.25, 0.3) is 10.9 Å². The number of nitrogens with zero attached hydrogens (tertiary/aromatic N) is 5. The molecule has 52 heavy (non-hydrogen) atoms. The van der Waals surface area contributed by atoms with Gasteiger partial charge in [-0.25, -0.2) is 13.8 Å². The topological polar surface area (TPSA) is 80.1 Å². The van der Waals surface area contributed by atoms with E-state index in [1.54, 1.807) is 30.3 Å². The van der Waals surface area contributed by atoms with Crippen molar-refractivity contribution >= 4 is 28.4 Å². The van der Waals surface area contributed by atoms with Crippen LogP contribution in [0.3, 0.4) is 0 Å². The number of hydrogen-bond donors (Lipinski definition) is 0. The van der Waals surface area contributed by atoms with Crippen LogP contribution < -0.4 is 14.4 Å². The second-order valence-electron chi connectivity index (χ2n) is 12.5. The van der Waals surface area contributed by atoms with E-state index >= 15 is 0 Å². The van der Waals surface area contributed by atoms with E-state index in [2.05, 4.69) is 9.88 Å². The summed E-state index contributed by atoms with van der Waals surface area (Å²) in [7, 11) is 3.32. The molecular formula is C38H36F5N5O4. The van der Waals surface area contributed by atoms with Gasteiger partial charge in [-0.3, -0.25) is 14.5 Å². The first-order valence-electron chi connectivity index (χ1n) is 16.5. The maximum Gasteiger partial charge on any atom is 0.416 e. The molecule has 1 aliphatic rings. The number of alkyl halides is 5. The zero-order valence-corrected chi connectivity index (χ0v) is 28.4. The molecule has 1 fully saturated rings. The van der Waals surface area contributed by atoms with Crippen LogP contribution in [0.1, 0.15) is 32.0 Å². The number of aromatic nitrogens is 2. The van der Waals surface area contributed by atoms with Crippen molar-refractivity contribution in [3.8, 4) is 17.4 Å². The lowest BCUT2D eigenvalue weighted by Gasteiger charge is -2.34. The summed E-state index contributed by atoms with van der Waals surface area (Å²) in [5, 5.41) is 0.861. The van der Waals surface area contributed by atoms with Gasteiger partial charge in [-0.05, 0) is 66.2 Å². The number of anilines is 1. The molecule has 0 bridgehead atoms. The Morgan fingerprint density at radius 2 is 1.54 bits per heavy atom. The van der Waals surface area contributed by atoms with Crippen LogP contribution in [0.15, 0.2) is 91.1 Å². The van der Waals surface area contributed by atoms with E-state index in [0.717, 1.165) is 40.7 Å². The Morgan fingerprint density at radius 1 is 0.865 bits per heavy atom. The van der Waals surface area contributed by atoms with Gasteiger partial charge in [0.25, 0.3) is 11.8 Å². The number of halogens is 5. The Morgan fingerprint density at radius 3 is 2.15 bits per heavy atom. The van der Waals surface area contributed by atoms with Crippen molar-refractivity contribution in [2.75, 3.05) is 51.5 Å². The normalized spacial score (nSPS) is 13.8. The smallest absolute Gasteiger partial charge is 0.416 e. The van der Waals surface area contributed by atoms with Crippen LogP contribution in [0.5, 0.6) is 17.4 Å². The maximum absolute atomic E-state index is 13.6. The van der Waals surface area contributed by atoms with Gasteiger partial charge in [-0.2, -0.15) is 13.2 Å². The highest BCUT2D eigenvalue weighted by atomic mass is 19.4. The first-order valence-corrected chi connectivity index (χ1v) is 16.5. The average molecular weight is 722 g/mol. The molecule has 0 atom stereocenters. The highest BCUT2D eigenvalue weighted by Gasteiger charge is 2.30. The molecule has 0 N–H and O–H groups in total. The van der Waals surface area contributed by atoms with Crippen LogP contribution in [0.2, 0.25) is 0 Å². The fourth-order valence-corrected chi connectivity index (χ4v) is 5.94. The SMILES string of the molecule is CN(C(=O)c1ccc(C(F)(F)F)cc1)c1ccc(Oc2ccc3cc(C(=O)N4CCN(Cc5ccc(OC(CF)CF)cc5)CC4)n(C)c3c2)nc1. The predicted octanol–water partition coefficient (Wildman–Crippen LogP) is 7.31. The highest BCUT2D eigenvalue weighted by Crippen LogP contribution is 2.31. The predicted molar refractivity (Wildman–Crippen MR) is 185 cm³/mol. The minimum atomic E-state index is -4.49. The number of pyridine rings is 1. The van der Waals surface area contributed by atoms with Crippen molar-refractivity contribution < 1.29 is 41.0 Å². The summed E-state index contributed by atoms with van der Waals surface area (Å²) in [5.41, 5.74) is 2.04. The first-order chi connectivity index (χ1) is 24.9. The lowest BCUT2D eigenvalue weighted by atomic mass is 10.1. The van der Waals surface area contributed by atoms with E-state index in [0.29, 0.717) is 55.6 Å². The van der Waals surface area contributed by atoms with Gasteiger partial charge >= 0.3 is 6.18 Å². The summed E-state index contributed by atoms with van der Waals surface area (Å²) in [6.45, 7) is 1.36. The molecule has 0 spiro atoms. The summed E-state index contributed by atoms with van der Waals surface area (Å²) in [5.74, 6) is 0.587. The summed E-state index contributed by atoms with van der Waals surface area (Å²) in [6, 6.07) is 21.6. The molecule has 5 aromatic rings. The summed E-state index contributed by atoms with van der Waals surface area (Å²) >= 11 is 0. The van der Waals surface area contributed by atoms with E-state index in [-0.39, 0.29) is 17.4 Å². The fraction of sp³-hybridized carbons (Fsp3) is 0.289. The minimum Gasteiger partial charge on any atom is -0.485 e. The number of hydrogen-bond acceptors (Lipinski definition) is 6. The molecule has 14 heteroatoms. The molecular weight excluding hydrogens is 685 g/mol. The van der Waals surface area contributed by atoms with Crippen molar-refractivity contribution in [1.29, 1.82) is 0 Å². The highest BCUT2D eigenvalue weighted by molar-refractivity contribution is 6.05. The van der Waals surface area contributed by atoms with Crippen LogP contribution in [-0.2, 0) is 19.8 Å². The third-order valence-corrected chi connectivity index (χ3v) is 8.97. The molecule has 0 radical (unpaired) electrons. The first kappa shape index (κ1) is 36.3. The molecule has 272 valence electrons. The third kappa shape index (κ3) is 8.17. The van der Waals surface area contributed by atoms with Gasteiger partial charge in [0.15, 0.2) is 6.10 Å². The zero-order valence-electron chi connectivity index (χ0n) is 28.4. The van der Waals surface area contributed by atoms with Gasteiger partial charge in [-0.1, -0.05) is 12.1 Å². The number of carbonyl (C=O) groups is 2. The monoisotopic (exact) mass is 721 g/mol. The Bertz CT molecular complexity index is 2010. The van der Waals surface area contributed by atoms with Gasteiger partial charge in [0, 0.05) is 69.9 Å². The Labute approximate surface area is 296 Å². The third-order valence-electron chi connectivity index (χ3n) is 8.97. The standard InChI is InChI=1S/C38H36F5N5O4/c1-45(36(49)26-5-8-28(9-6-26)38(41,42)43)29-10-14-35(44-23-29)52-31-13-7-27-19-34(46(2)33(27)20-31)37(50)48-17-15-47(16-18-48)24-25-3-11-30(12-4-25)51-32(21-39)22-40/h3-14,19-20,23,32H,15-18,21-22,24H2,1-2H3. The van der Waals surface area contributed by atoms with Crippen LogP contribution >= 0.6 is 0 Å². The molecule has 0 aliphatic carbocycles. The number of piperazine rings is 1. The fourth-order valence-electron chi connectivity index (χ4n) is 5.94. The van der Waals surface area contributed by atoms with Gasteiger partial charge in [0.2, 0.25) is 5.88 Å². The molecule has 9 nitrogen and oxygen atoms in total. The van der Waals surface area contributed by atoms with Gasteiger partial charge < -0.3 is 23.8 Å². The van der Waals surface area contributed by atoms with E-state index in [9.17, 15) is 31.5 Å². The van der Waals surface area contributed by atoms with Crippen molar-refractivity contribution in [1.82, 2.24) is 19.4 Å². The van der Waals surface area contributed by atoms with Crippen molar-refractivity contribution in [2.45, 2.75) is 18.8 Å². The Kier molecular flexibility index (Phi) is 10.7. The molecule has 3 heterocycles. The number of amides is 2. The Hall–Kier alpha value is -5.50. The van der Waals surface area contributed by atoms with Crippen molar-refractivity contribution in [3.63, 3.8) is 0 Å². The number of carbonyl (C=O) groups excluding carboxylic acids is 2. The molecule has 0 unspecified atom stereocenters. The molecule has 2 amide bonds. The summed E-state index contributed by atoms with van der Waals surface area (Å²) < 4.78 is 77.3. The molecule has 1 saturated heterocycles. The Balaban J connectivity index is 1.04. The molecule has 3 aromatic carbocycles. The number of fused-ring (bicyclic) bond motifs is 1. The lowest BCUT2D eigenvalue weighted by Crippen LogP contribution is -2.48. The minimum absolute atomic E-state index is 0.0789. The van der Waals surface area contributed by atoms with Crippen LogP contribution in [-0.4, -0.2) is 83.8 Å². The largest absolute Gasteiger partial charge is 0.485 e. The quantitative estimate of drug-likeness (QED) is 0.133. The lowest BCUT2D eigenvalue weighted by molar-refractivity contribution is -0.137. The van der Waals surface area contributed by atoms with Crippen LogP contribution in [0, 0.1) is 0 Å². The summed E-state index contributed by atoms with van der Waals surface area (Å²) in [4.78, 5) is 36.1. The molecule has 1 aliphatic heterocycles. The number of rotatable bonds is 11. The molecule has 6 rings (SSSR count). The zero-order chi connectivity index (χ0) is 37.0. The van der Waals surface area contributed by atoms with E-state index in [1.165, 1.54) is 18.1 Å². The van der Waals surface area contributed by atoms with Gasteiger partial charge in [0.05, 0.1) is 23.0 Å². The van der Waals surface area contributed by atoms with Crippen molar-refractivity contribution in [2.24, 2.45) is 7.05 Å². The number of ether oxygens (including phenoxy) is 2. The molecule has 2 aromatic heterocycles.